The summed E-state index contributed by atoms with van der Waals surface area (Å²) in [6.07, 6.45) is 3.48. The third-order valence-electron chi connectivity index (χ3n) is 3.87. The van der Waals surface area contributed by atoms with Crippen LogP contribution < -0.4 is 5.32 Å². The van der Waals surface area contributed by atoms with Gasteiger partial charge in [0.25, 0.3) is 5.91 Å². The normalized spacial score (nSPS) is 10.9. The average molecular weight is 334 g/mol. The van der Waals surface area contributed by atoms with Crippen molar-refractivity contribution in [3.05, 3.63) is 65.9 Å². The monoisotopic (exact) mass is 334 g/mol. The molecule has 4 rings (SSSR count). The molecule has 0 aliphatic heterocycles. The highest BCUT2D eigenvalue weighted by Gasteiger charge is 2.15. The number of carbonyl (C=O) groups excluding carboxylic acids is 1. The summed E-state index contributed by atoms with van der Waals surface area (Å²) in [6, 6.07) is 13.6. The molecular formula is C18H14N4OS. The van der Waals surface area contributed by atoms with Crippen LogP contribution in [0.25, 0.3) is 22.2 Å². The number of amides is 1. The Morgan fingerprint density at radius 1 is 1.21 bits per heavy atom. The molecule has 1 amide bonds. The molecule has 0 fully saturated rings. The summed E-state index contributed by atoms with van der Waals surface area (Å²) in [5.74, 6) is -0.166. The van der Waals surface area contributed by atoms with Crippen LogP contribution in [-0.4, -0.2) is 20.4 Å². The van der Waals surface area contributed by atoms with Gasteiger partial charge in [-0.05, 0) is 24.3 Å². The molecule has 0 saturated carbocycles. The molecule has 0 radical (unpaired) electrons. The lowest BCUT2D eigenvalue weighted by atomic mass is 10.2. The molecule has 6 heteroatoms. The predicted molar refractivity (Wildman–Crippen MR) is 96.2 cm³/mol. The van der Waals surface area contributed by atoms with Crippen LogP contribution >= 0.6 is 11.3 Å². The summed E-state index contributed by atoms with van der Waals surface area (Å²) in [4.78, 5) is 21.1. The number of nitrogens with one attached hydrogen (secondary N) is 1. The van der Waals surface area contributed by atoms with Crippen molar-refractivity contribution < 1.29 is 4.79 Å². The first-order valence-corrected chi connectivity index (χ1v) is 8.32. The Kier molecular flexibility index (Phi) is 3.59. The molecule has 0 unspecified atom stereocenters. The van der Waals surface area contributed by atoms with E-state index in [-0.39, 0.29) is 5.91 Å². The third-order valence-corrected chi connectivity index (χ3v) is 4.62. The summed E-state index contributed by atoms with van der Waals surface area (Å²) in [7, 11) is 1.89. The minimum atomic E-state index is -0.166. The van der Waals surface area contributed by atoms with Gasteiger partial charge >= 0.3 is 0 Å². The van der Waals surface area contributed by atoms with E-state index in [1.165, 1.54) is 11.3 Å². The largest absolute Gasteiger partial charge is 0.340 e. The van der Waals surface area contributed by atoms with Gasteiger partial charge in [-0.25, -0.2) is 4.98 Å². The van der Waals surface area contributed by atoms with E-state index >= 15 is 0 Å². The minimum absolute atomic E-state index is 0.166. The van der Waals surface area contributed by atoms with Crippen molar-refractivity contribution in [1.82, 2.24) is 14.5 Å². The molecule has 0 saturated heterocycles. The van der Waals surface area contributed by atoms with Gasteiger partial charge in [0.2, 0.25) is 0 Å². The van der Waals surface area contributed by atoms with Crippen molar-refractivity contribution in [3.8, 4) is 11.3 Å². The van der Waals surface area contributed by atoms with Crippen molar-refractivity contribution >= 4 is 33.3 Å². The molecule has 3 aromatic heterocycles. The van der Waals surface area contributed by atoms with Gasteiger partial charge in [0.1, 0.15) is 5.69 Å². The van der Waals surface area contributed by atoms with Gasteiger partial charge in [0.15, 0.2) is 5.13 Å². The van der Waals surface area contributed by atoms with Gasteiger partial charge in [-0.15, -0.1) is 11.3 Å². The zero-order valence-electron chi connectivity index (χ0n) is 12.9. The van der Waals surface area contributed by atoms with Crippen LogP contribution in [-0.2, 0) is 7.05 Å². The molecule has 4 aromatic rings. The number of rotatable bonds is 3. The first-order valence-electron chi connectivity index (χ1n) is 7.44. The summed E-state index contributed by atoms with van der Waals surface area (Å²) in [5.41, 5.74) is 3.37. The van der Waals surface area contributed by atoms with Crippen molar-refractivity contribution in [3.63, 3.8) is 0 Å². The average Bonchev–Trinajstić information content (AvgIpc) is 3.21. The van der Waals surface area contributed by atoms with Crippen LogP contribution in [0, 0.1) is 0 Å². The predicted octanol–water partition coefficient (Wildman–Crippen LogP) is 3.95. The molecule has 1 aromatic carbocycles. The van der Waals surface area contributed by atoms with Crippen molar-refractivity contribution in [2.45, 2.75) is 0 Å². The van der Waals surface area contributed by atoms with Crippen molar-refractivity contribution in [1.29, 1.82) is 0 Å². The van der Waals surface area contributed by atoms with Gasteiger partial charge in [0, 0.05) is 41.3 Å². The zero-order chi connectivity index (χ0) is 16.5. The lowest BCUT2D eigenvalue weighted by Crippen LogP contribution is -2.15. The van der Waals surface area contributed by atoms with Crippen LogP contribution in [0.3, 0.4) is 0 Å². The third kappa shape index (κ3) is 2.57. The second-order valence-corrected chi connectivity index (χ2v) is 6.24. The van der Waals surface area contributed by atoms with Gasteiger partial charge in [0.05, 0.1) is 5.69 Å². The van der Waals surface area contributed by atoms with E-state index in [1.54, 1.807) is 12.4 Å². The Morgan fingerprint density at radius 3 is 2.88 bits per heavy atom. The number of anilines is 1. The van der Waals surface area contributed by atoms with Crippen LogP contribution in [0.2, 0.25) is 0 Å². The maximum absolute atomic E-state index is 12.6. The highest BCUT2D eigenvalue weighted by atomic mass is 32.1. The summed E-state index contributed by atoms with van der Waals surface area (Å²) < 4.78 is 1.89. The van der Waals surface area contributed by atoms with E-state index in [2.05, 4.69) is 15.3 Å². The van der Waals surface area contributed by atoms with Crippen molar-refractivity contribution in [2.24, 2.45) is 7.05 Å². The first-order chi connectivity index (χ1) is 11.7. The molecule has 3 heterocycles. The van der Waals surface area contributed by atoms with E-state index in [0.29, 0.717) is 10.8 Å². The van der Waals surface area contributed by atoms with Gasteiger partial charge in [-0.3, -0.25) is 15.1 Å². The lowest BCUT2D eigenvalue weighted by Gasteiger charge is -2.03. The second kappa shape index (κ2) is 5.90. The Morgan fingerprint density at radius 2 is 2.08 bits per heavy atom. The topological polar surface area (TPSA) is 59.8 Å². The summed E-state index contributed by atoms with van der Waals surface area (Å²) in [5, 5.41) is 6.40. The number of hydrogen-bond donors (Lipinski definition) is 1. The molecule has 118 valence electrons. The van der Waals surface area contributed by atoms with Gasteiger partial charge < -0.3 is 4.57 Å². The summed E-state index contributed by atoms with van der Waals surface area (Å²) in [6.45, 7) is 0. The molecule has 0 aliphatic carbocycles. The maximum Gasteiger partial charge on any atom is 0.274 e. The molecule has 0 bridgehead atoms. The van der Waals surface area contributed by atoms with Crippen LogP contribution in [0.15, 0.2) is 60.2 Å². The number of para-hydroxylation sites is 1. The molecular weight excluding hydrogens is 320 g/mol. The Hall–Kier alpha value is -2.99. The zero-order valence-corrected chi connectivity index (χ0v) is 13.7. The number of benzene rings is 1. The Balaban J connectivity index is 1.60. The van der Waals surface area contributed by atoms with E-state index in [4.69, 9.17) is 0 Å². The molecule has 0 aliphatic rings. The highest BCUT2D eigenvalue weighted by Crippen LogP contribution is 2.25. The number of hydrogen-bond acceptors (Lipinski definition) is 4. The number of aryl methyl sites for hydroxylation is 1. The van der Waals surface area contributed by atoms with Crippen LogP contribution in [0.1, 0.15) is 10.5 Å². The standard InChI is InChI=1S/C18H14N4OS/c1-22-15-7-3-2-5-12(15)9-16(22)17(23)21-18-20-14(11-24-18)13-6-4-8-19-10-13/h2-11H,1H3,(H,20,21,23). The number of carbonyl (C=O) groups is 1. The van der Waals surface area contributed by atoms with Crippen molar-refractivity contribution in [2.75, 3.05) is 5.32 Å². The highest BCUT2D eigenvalue weighted by molar-refractivity contribution is 7.14. The second-order valence-electron chi connectivity index (χ2n) is 5.38. The van der Waals surface area contributed by atoms with Gasteiger partial charge in [-0.1, -0.05) is 18.2 Å². The Bertz CT molecular complexity index is 1020. The van der Waals surface area contributed by atoms with Crippen LogP contribution in [0.4, 0.5) is 5.13 Å². The fourth-order valence-corrected chi connectivity index (χ4v) is 3.36. The Labute approximate surface area is 142 Å². The number of pyridine rings is 1. The minimum Gasteiger partial charge on any atom is -0.340 e. The van der Waals surface area contributed by atoms with E-state index in [1.807, 2.05) is 59.5 Å². The van der Waals surface area contributed by atoms with Gasteiger partial charge in [-0.2, -0.15) is 0 Å². The lowest BCUT2D eigenvalue weighted by molar-refractivity contribution is 0.102. The summed E-state index contributed by atoms with van der Waals surface area (Å²) >= 11 is 1.40. The molecule has 5 nitrogen and oxygen atoms in total. The smallest absolute Gasteiger partial charge is 0.274 e. The maximum atomic E-state index is 12.6. The molecule has 0 atom stereocenters. The van der Waals surface area contributed by atoms with E-state index in [9.17, 15) is 4.79 Å². The number of aromatic nitrogens is 3. The SMILES string of the molecule is Cn1c(C(=O)Nc2nc(-c3cccnc3)cs2)cc2ccccc21. The van der Waals surface area contributed by atoms with E-state index < -0.39 is 0 Å². The molecule has 1 N–H and O–H groups in total. The number of fused-ring (bicyclic) bond motifs is 1. The fourth-order valence-electron chi connectivity index (χ4n) is 2.65. The fraction of sp³-hybridized carbons (Fsp3) is 0.0556. The number of nitrogens with zero attached hydrogens (tertiary/aromatic N) is 3. The first kappa shape index (κ1) is 14.6. The quantitative estimate of drug-likeness (QED) is 0.617. The molecule has 24 heavy (non-hydrogen) atoms. The van der Waals surface area contributed by atoms with Crippen LogP contribution in [0.5, 0.6) is 0 Å². The molecule has 0 spiro atoms. The number of thiazole rings is 1. The van der Waals surface area contributed by atoms with E-state index in [0.717, 1.165) is 22.2 Å².